The lowest BCUT2D eigenvalue weighted by Crippen LogP contribution is -2.41. The molecule has 0 atom stereocenters. The van der Waals surface area contributed by atoms with Crippen LogP contribution in [-0.2, 0) is 21.9 Å². The predicted octanol–water partition coefficient (Wildman–Crippen LogP) is 0.0175. The number of hydrogen-bond donors (Lipinski definition) is 1. The van der Waals surface area contributed by atoms with Crippen LogP contribution in [0.15, 0.2) is 32.3 Å². The van der Waals surface area contributed by atoms with E-state index in [1.54, 1.807) is 13.1 Å². The van der Waals surface area contributed by atoms with E-state index in [-0.39, 0.29) is 29.5 Å². The Kier molecular flexibility index (Phi) is 3.77. The fourth-order valence-corrected chi connectivity index (χ4v) is 4.29. The number of nitrogens with zero attached hydrogens (tertiary/aromatic N) is 2. The van der Waals surface area contributed by atoms with Gasteiger partial charge in [-0.1, -0.05) is 0 Å². The zero-order chi connectivity index (χ0) is 16.8. The molecule has 1 saturated heterocycles. The summed E-state index contributed by atoms with van der Waals surface area (Å²) in [6.45, 7) is 0.486. The van der Waals surface area contributed by atoms with Crippen molar-refractivity contribution in [2.24, 2.45) is 18.7 Å². The molecule has 0 radical (unpaired) electrons. The van der Waals surface area contributed by atoms with Crippen molar-refractivity contribution in [2.75, 3.05) is 13.1 Å². The quantitative estimate of drug-likeness (QED) is 0.846. The van der Waals surface area contributed by atoms with Crippen LogP contribution in [0.2, 0.25) is 0 Å². The minimum absolute atomic E-state index is 0.0666. The van der Waals surface area contributed by atoms with Crippen LogP contribution < -0.4 is 11.5 Å². The van der Waals surface area contributed by atoms with Gasteiger partial charge in [-0.05, 0) is 25.0 Å². The molecule has 23 heavy (non-hydrogen) atoms. The van der Waals surface area contributed by atoms with Crippen LogP contribution in [0.3, 0.4) is 0 Å². The summed E-state index contributed by atoms with van der Waals surface area (Å²) < 4.78 is 33.0. The Balaban J connectivity index is 1.91. The Bertz CT molecular complexity index is 920. The fraction of sp³-hybridized carbons (Fsp3) is 0.429. The molecular formula is C14H17N3O5S. The van der Waals surface area contributed by atoms with Gasteiger partial charge >= 0.3 is 5.76 Å². The number of carbonyl (C=O) groups excluding carboxylic acids is 1. The normalized spacial score (nSPS) is 17.6. The molecule has 3 rings (SSSR count). The zero-order valence-electron chi connectivity index (χ0n) is 12.6. The maximum atomic E-state index is 12.7. The molecule has 0 bridgehead atoms. The number of sulfonamides is 1. The first-order chi connectivity index (χ1) is 10.8. The average Bonchev–Trinajstić information content (AvgIpc) is 2.81. The lowest BCUT2D eigenvalue weighted by molar-refractivity contribution is -0.122. The van der Waals surface area contributed by atoms with Gasteiger partial charge in [0.15, 0.2) is 5.58 Å². The molecule has 2 heterocycles. The minimum Gasteiger partial charge on any atom is -0.408 e. The maximum absolute atomic E-state index is 12.7. The monoisotopic (exact) mass is 339 g/mol. The summed E-state index contributed by atoms with van der Waals surface area (Å²) in [5.74, 6) is -1.22. The van der Waals surface area contributed by atoms with Crippen LogP contribution in [0.5, 0.6) is 0 Å². The highest BCUT2D eigenvalue weighted by Gasteiger charge is 2.31. The number of oxazole rings is 1. The first-order valence-corrected chi connectivity index (χ1v) is 8.64. The standard InChI is InChI=1S/C14H17N3O5S/c1-16-11-3-2-10(8-12(11)22-14(16)19)23(20,21)17-6-4-9(5-7-17)13(15)18/h2-3,8-9H,4-7H2,1H3,(H2,15,18). The van der Waals surface area contributed by atoms with Crippen molar-refractivity contribution in [3.63, 3.8) is 0 Å². The molecule has 1 aromatic heterocycles. The number of aromatic nitrogens is 1. The van der Waals surface area contributed by atoms with Gasteiger partial charge in [-0.25, -0.2) is 13.2 Å². The molecule has 2 aromatic rings. The van der Waals surface area contributed by atoms with Crippen LogP contribution in [-0.4, -0.2) is 36.3 Å². The molecule has 0 aliphatic carbocycles. The number of rotatable bonds is 3. The second kappa shape index (κ2) is 5.50. The van der Waals surface area contributed by atoms with E-state index < -0.39 is 21.7 Å². The molecule has 1 aromatic carbocycles. The Morgan fingerprint density at radius 1 is 1.30 bits per heavy atom. The largest absolute Gasteiger partial charge is 0.419 e. The van der Waals surface area contributed by atoms with Gasteiger partial charge in [-0.2, -0.15) is 4.31 Å². The molecule has 0 unspecified atom stereocenters. The highest BCUT2D eigenvalue weighted by Crippen LogP contribution is 2.25. The van der Waals surface area contributed by atoms with Gasteiger partial charge in [0.05, 0.1) is 10.4 Å². The molecule has 1 fully saturated rings. The van der Waals surface area contributed by atoms with E-state index >= 15 is 0 Å². The van der Waals surface area contributed by atoms with E-state index in [9.17, 15) is 18.0 Å². The summed E-state index contributed by atoms with van der Waals surface area (Å²) in [6.07, 6.45) is 0.828. The lowest BCUT2D eigenvalue weighted by atomic mass is 9.98. The lowest BCUT2D eigenvalue weighted by Gasteiger charge is -2.29. The Hall–Kier alpha value is -2.13. The van der Waals surface area contributed by atoms with Gasteiger partial charge in [0.2, 0.25) is 15.9 Å². The van der Waals surface area contributed by atoms with Crippen LogP contribution in [0.4, 0.5) is 0 Å². The van der Waals surface area contributed by atoms with Gasteiger partial charge in [0.25, 0.3) is 0 Å². The van der Waals surface area contributed by atoms with Crippen molar-refractivity contribution in [3.05, 3.63) is 28.7 Å². The van der Waals surface area contributed by atoms with E-state index in [2.05, 4.69) is 0 Å². The number of amides is 1. The molecule has 124 valence electrons. The highest BCUT2D eigenvalue weighted by molar-refractivity contribution is 7.89. The van der Waals surface area contributed by atoms with Crippen LogP contribution in [0.25, 0.3) is 11.1 Å². The van der Waals surface area contributed by atoms with Gasteiger partial charge in [-0.3, -0.25) is 9.36 Å². The van der Waals surface area contributed by atoms with Crippen LogP contribution in [0, 0.1) is 5.92 Å². The number of fused-ring (bicyclic) bond motifs is 1. The van der Waals surface area contributed by atoms with E-state index in [1.807, 2.05) is 0 Å². The van der Waals surface area contributed by atoms with Gasteiger partial charge in [-0.15, -0.1) is 0 Å². The van der Waals surface area contributed by atoms with Gasteiger partial charge in [0.1, 0.15) is 0 Å². The fourth-order valence-electron chi connectivity index (χ4n) is 2.80. The summed E-state index contributed by atoms with van der Waals surface area (Å²) in [4.78, 5) is 22.7. The molecule has 9 heteroatoms. The third-order valence-corrected chi connectivity index (χ3v) is 6.15. The minimum atomic E-state index is -3.70. The number of carbonyl (C=O) groups is 1. The Morgan fingerprint density at radius 3 is 2.57 bits per heavy atom. The first kappa shape index (κ1) is 15.8. The molecular weight excluding hydrogens is 322 g/mol. The number of primary amides is 1. The van der Waals surface area contributed by atoms with Crippen molar-refractivity contribution < 1.29 is 17.6 Å². The second-order valence-electron chi connectivity index (χ2n) is 5.64. The molecule has 0 saturated carbocycles. The average molecular weight is 339 g/mol. The molecule has 2 N–H and O–H groups in total. The number of nitrogens with two attached hydrogens (primary N) is 1. The Morgan fingerprint density at radius 2 is 1.96 bits per heavy atom. The summed E-state index contributed by atoms with van der Waals surface area (Å²) >= 11 is 0. The summed E-state index contributed by atoms with van der Waals surface area (Å²) in [7, 11) is -2.14. The topological polar surface area (TPSA) is 116 Å². The number of hydrogen-bond acceptors (Lipinski definition) is 5. The molecule has 1 aliphatic rings. The summed E-state index contributed by atoms with van der Waals surface area (Å²) in [6, 6.07) is 4.35. The van der Waals surface area contributed by atoms with Crippen molar-refractivity contribution in [1.29, 1.82) is 0 Å². The van der Waals surface area contributed by atoms with Crippen LogP contribution >= 0.6 is 0 Å². The van der Waals surface area contributed by atoms with E-state index in [0.29, 0.717) is 18.4 Å². The second-order valence-corrected chi connectivity index (χ2v) is 7.58. The predicted molar refractivity (Wildman–Crippen MR) is 82.1 cm³/mol. The smallest absolute Gasteiger partial charge is 0.408 e. The van der Waals surface area contributed by atoms with E-state index in [4.69, 9.17) is 10.2 Å². The van der Waals surface area contributed by atoms with Gasteiger partial charge in [0, 0.05) is 32.1 Å². The summed E-state index contributed by atoms with van der Waals surface area (Å²) in [5.41, 5.74) is 6.02. The van der Waals surface area contributed by atoms with Crippen molar-refractivity contribution in [1.82, 2.24) is 8.87 Å². The van der Waals surface area contributed by atoms with Gasteiger partial charge < -0.3 is 10.2 Å². The van der Waals surface area contributed by atoms with E-state index in [0.717, 1.165) is 0 Å². The zero-order valence-corrected chi connectivity index (χ0v) is 13.4. The van der Waals surface area contributed by atoms with Crippen molar-refractivity contribution >= 4 is 27.0 Å². The number of aryl methyl sites for hydroxylation is 1. The molecule has 8 nitrogen and oxygen atoms in total. The first-order valence-electron chi connectivity index (χ1n) is 7.20. The third kappa shape index (κ3) is 2.66. The highest BCUT2D eigenvalue weighted by atomic mass is 32.2. The third-order valence-electron chi connectivity index (χ3n) is 4.26. The number of piperidine rings is 1. The molecule has 0 spiro atoms. The number of benzene rings is 1. The van der Waals surface area contributed by atoms with E-state index in [1.165, 1.54) is 21.0 Å². The molecule has 1 aliphatic heterocycles. The van der Waals surface area contributed by atoms with Crippen molar-refractivity contribution in [2.45, 2.75) is 17.7 Å². The van der Waals surface area contributed by atoms with Crippen LogP contribution in [0.1, 0.15) is 12.8 Å². The summed E-state index contributed by atoms with van der Waals surface area (Å²) in [5, 5.41) is 0. The van der Waals surface area contributed by atoms with Crippen molar-refractivity contribution in [3.8, 4) is 0 Å². The maximum Gasteiger partial charge on any atom is 0.419 e. The Labute approximate surface area is 132 Å². The SMILES string of the molecule is Cn1c(=O)oc2cc(S(=O)(=O)N3CCC(C(N)=O)CC3)ccc21. The molecule has 1 amide bonds.